The molecule has 94 valence electrons. The van der Waals surface area contributed by atoms with Gasteiger partial charge in [-0.2, -0.15) is 0 Å². The van der Waals surface area contributed by atoms with Crippen LogP contribution in [0.4, 0.5) is 0 Å². The van der Waals surface area contributed by atoms with Crippen LogP contribution in [0.1, 0.15) is 19.3 Å². The number of amides is 2. The Labute approximate surface area is 96.0 Å². The Balaban J connectivity index is 2.55. The van der Waals surface area contributed by atoms with Gasteiger partial charge in [0.25, 0.3) is 0 Å². The first kappa shape index (κ1) is 12.9. The summed E-state index contributed by atoms with van der Waals surface area (Å²) in [6.45, 7) is 0. The molecule has 1 saturated heterocycles. The predicted molar refractivity (Wildman–Crippen MR) is 53.0 cm³/mol. The van der Waals surface area contributed by atoms with Crippen molar-refractivity contribution in [1.29, 1.82) is 0 Å². The average molecular weight is 244 g/mol. The molecule has 0 spiro atoms. The van der Waals surface area contributed by atoms with Gasteiger partial charge in [0.2, 0.25) is 11.8 Å². The zero-order valence-corrected chi connectivity index (χ0v) is 8.80. The van der Waals surface area contributed by atoms with E-state index < -0.39 is 36.4 Å². The molecule has 0 aromatic carbocycles. The minimum absolute atomic E-state index is 0.203. The van der Waals surface area contributed by atoms with E-state index in [9.17, 15) is 19.2 Å². The molecular weight excluding hydrogens is 232 g/mol. The number of carboxylic acids is 2. The highest BCUT2D eigenvalue weighted by atomic mass is 16.4. The van der Waals surface area contributed by atoms with Gasteiger partial charge >= 0.3 is 11.9 Å². The van der Waals surface area contributed by atoms with E-state index in [2.05, 4.69) is 10.6 Å². The van der Waals surface area contributed by atoms with E-state index in [0.717, 1.165) is 0 Å². The largest absolute Gasteiger partial charge is 0.481 e. The molecule has 2 atom stereocenters. The number of carbonyl (C=O) groups excluding carboxylic acids is 2. The van der Waals surface area contributed by atoms with Gasteiger partial charge in [-0.25, -0.2) is 4.79 Å². The van der Waals surface area contributed by atoms with Crippen LogP contribution in [0.5, 0.6) is 0 Å². The maximum Gasteiger partial charge on any atom is 0.326 e. The summed E-state index contributed by atoms with van der Waals surface area (Å²) in [5.74, 6) is -3.71. The van der Waals surface area contributed by atoms with Crippen LogP contribution >= 0.6 is 0 Å². The van der Waals surface area contributed by atoms with Crippen molar-refractivity contribution in [3.8, 4) is 0 Å². The summed E-state index contributed by atoms with van der Waals surface area (Å²) in [7, 11) is 0. The molecule has 17 heavy (non-hydrogen) atoms. The monoisotopic (exact) mass is 244 g/mol. The van der Waals surface area contributed by atoms with Crippen LogP contribution in [-0.4, -0.2) is 46.0 Å². The van der Waals surface area contributed by atoms with Crippen LogP contribution in [-0.2, 0) is 19.2 Å². The van der Waals surface area contributed by atoms with Gasteiger partial charge in [0, 0.05) is 6.42 Å². The normalized spacial score (nSPS) is 20.5. The summed E-state index contributed by atoms with van der Waals surface area (Å²) in [5, 5.41) is 21.6. The van der Waals surface area contributed by atoms with Crippen molar-refractivity contribution in [2.75, 3.05) is 0 Å². The van der Waals surface area contributed by atoms with Crippen molar-refractivity contribution in [2.24, 2.45) is 0 Å². The quantitative estimate of drug-likeness (QED) is 0.456. The third kappa shape index (κ3) is 3.74. The number of aliphatic carboxylic acids is 2. The molecule has 0 aromatic heterocycles. The van der Waals surface area contributed by atoms with Crippen molar-refractivity contribution in [2.45, 2.75) is 31.3 Å². The highest BCUT2D eigenvalue weighted by Gasteiger charge is 2.31. The second-order valence-electron chi connectivity index (χ2n) is 3.66. The Morgan fingerprint density at radius 1 is 1.41 bits per heavy atom. The highest BCUT2D eigenvalue weighted by Crippen LogP contribution is 2.07. The molecular formula is C9H12N2O6. The molecule has 8 nitrogen and oxygen atoms in total. The van der Waals surface area contributed by atoms with Crippen LogP contribution in [0, 0.1) is 0 Å². The molecule has 4 N–H and O–H groups in total. The Hall–Kier alpha value is -2.12. The van der Waals surface area contributed by atoms with Crippen molar-refractivity contribution in [3.63, 3.8) is 0 Å². The van der Waals surface area contributed by atoms with E-state index in [1.54, 1.807) is 0 Å². The molecule has 2 unspecified atom stereocenters. The number of hydrogen-bond donors (Lipinski definition) is 4. The third-order valence-electron chi connectivity index (χ3n) is 2.31. The first-order chi connectivity index (χ1) is 7.90. The van der Waals surface area contributed by atoms with E-state index in [0.29, 0.717) is 0 Å². The minimum atomic E-state index is -1.49. The number of nitrogens with one attached hydrogen (secondary N) is 2. The van der Waals surface area contributed by atoms with Crippen LogP contribution in [0.2, 0.25) is 0 Å². The minimum Gasteiger partial charge on any atom is -0.481 e. The summed E-state index contributed by atoms with van der Waals surface area (Å²) in [6, 6.07) is -2.27. The van der Waals surface area contributed by atoms with E-state index in [1.165, 1.54) is 0 Å². The van der Waals surface area contributed by atoms with E-state index in [1.807, 2.05) is 0 Å². The maximum absolute atomic E-state index is 11.5. The lowest BCUT2D eigenvalue weighted by atomic mass is 10.1. The molecule has 1 rings (SSSR count). The zero-order chi connectivity index (χ0) is 13.0. The van der Waals surface area contributed by atoms with Crippen LogP contribution < -0.4 is 10.6 Å². The van der Waals surface area contributed by atoms with Gasteiger partial charge in [-0.15, -0.1) is 0 Å². The first-order valence-electron chi connectivity index (χ1n) is 4.94. The Morgan fingerprint density at radius 2 is 2.06 bits per heavy atom. The second-order valence-corrected chi connectivity index (χ2v) is 3.66. The van der Waals surface area contributed by atoms with Crippen molar-refractivity contribution in [3.05, 3.63) is 0 Å². The van der Waals surface area contributed by atoms with Gasteiger partial charge in [0.05, 0.1) is 6.42 Å². The Kier molecular flexibility index (Phi) is 4.02. The first-order valence-corrected chi connectivity index (χ1v) is 4.94. The Bertz CT molecular complexity index is 366. The lowest BCUT2D eigenvalue weighted by Crippen LogP contribution is -2.49. The lowest BCUT2D eigenvalue weighted by Gasteiger charge is -2.15. The molecule has 1 heterocycles. The van der Waals surface area contributed by atoms with E-state index in [-0.39, 0.29) is 18.7 Å². The van der Waals surface area contributed by atoms with Gasteiger partial charge < -0.3 is 20.8 Å². The van der Waals surface area contributed by atoms with Crippen molar-refractivity contribution < 1.29 is 29.4 Å². The number of carbonyl (C=O) groups is 4. The van der Waals surface area contributed by atoms with Gasteiger partial charge in [-0.1, -0.05) is 0 Å². The SMILES string of the molecule is O=C(O)CC(NC(=O)C1CCC(=O)N1)C(=O)O. The van der Waals surface area contributed by atoms with Crippen LogP contribution in [0.25, 0.3) is 0 Å². The highest BCUT2D eigenvalue weighted by molar-refractivity contribution is 5.93. The maximum atomic E-state index is 11.5. The second kappa shape index (κ2) is 5.28. The third-order valence-corrected chi connectivity index (χ3v) is 2.31. The molecule has 0 aliphatic carbocycles. The summed E-state index contributed by atoms with van der Waals surface area (Å²) in [5.41, 5.74) is 0. The fraction of sp³-hybridized carbons (Fsp3) is 0.556. The summed E-state index contributed by atoms with van der Waals surface area (Å²) in [6.07, 6.45) is -0.222. The van der Waals surface area contributed by atoms with Gasteiger partial charge in [0.15, 0.2) is 0 Å². The van der Waals surface area contributed by atoms with Crippen LogP contribution in [0.3, 0.4) is 0 Å². The van der Waals surface area contributed by atoms with E-state index in [4.69, 9.17) is 10.2 Å². The molecule has 2 amide bonds. The molecule has 1 fully saturated rings. The van der Waals surface area contributed by atoms with Crippen LogP contribution in [0.15, 0.2) is 0 Å². The summed E-state index contributed by atoms with van der Waals surface area (Å²) >= 11 is 0. The topological polar surface area (TPSA) is 133 Å². The van der Waals surface area contributed by atoms with Crippen molar-refractivity contribution >= 4 is 23.8 Å². The smallest absolute Gasteiger partial charge is 0.326 e. The molecule has 0 bridgehead atoms. The average Bonchev–Trinajstić information content (AvgIpc) is 2.63. The molecule has 0 saturated carbocycles. The molecule has 1 aliphatic heterocycles. The standard InChI is InChI=1S/C9H12N2O6/c12-6-2-1-4(10-6)8(15)11-5(9(16)17)3-7(13)14/h4-5H,1-3H2,(H,10,12)(H,11,15)(H,13,14)(H,16,17). The predicted octanol–water partition coefficient (Wildman–Crippen LogP) is -1.69. The zero-order valence-electron chi connectivity index (χ0n) is 8.80. The van der Waals surface area contributed by atoms with Gasteiger partial charge in [0.1, 0.15) is 12.1 Å². The van der Waals surface area contributed by atoms with Gasteiger partial charge in [-0.3, -0.25) is 14.4 Å². The summed E-state index contributed by atoms with van der Waals surface area (Å²) < 4.78 is 0. The summed E-state index contributed by atoms with van der Waals surface area (Å²) in [4.78, 5) is 43.4. The van der Waals surface area contributed by atoms with Gasteiger partial charge in [-0.05, 0) is 6.42 Å². The number of rotatable bonds is 5. The van der Waals surface area contributed by atoms with Crippen molar-refractivity contribution in [1.82, 2.24) is 10.6 Å². The molecule has 8 heteroatoms. The molecule has 0 aromatic rings. The molecule has 0 radical (unpaired) electrons. The fourth-order valence-electron chi connectivity index (χ4n) is 1.46. The number of carboxylic acid groups (broad SMARTS) is 2. The molecule has 1 aliphatic rings. The Morgan fingerprint density at radius 3 is 2.47 bits per heavy atom. The fourth-order valence-corrected chi connectivity index (χ4v) is 1.46. The number of hydrogen-bond acceptors (Lipinski definition) is 4. The lowest BCUT2D eigenvalue weighted by molar-refractivity contribution is -0.147. The van der Waals surface area contributed by atoms with E-state index >= 15 is 0 Å².